The van der Waals surface area contributed by atoms with Gasteiger partial charge in [-0.15, -0.1) is 0 Å². The molecule has 0 atom stereocenters. The second kappa shape index (κ2) is 8.00. The lowest BCUT2D eigenvalue weighted by Gasteiger charge is -2.17. The molecule has 0 saturated carbocycles. The maximum atomic E-state index is 13.2. The molecule has 0 fully saturated rings. The van der Waals surface area contributed by atoms with Crippen LogP contribution in [-0.4, -0.2) is 38.1 Å². The Balaban J connectivity index is 1.82. The van der Waals surface area contributed by atoms with Crippen LogP contribution in [0.15, 0.2) is 34.9 Å². The van der Waals surface area contributed by atoms with Gasteiger partial charge in [-0.25, -0.2) is 4.39 Å². The normalized spacial score (nSPS) is 11.9. The molecule has 0 unspecified atom stereocenters. The van der Waals surface area contributed by atoms with Crippen molar-refractivity contribution in [1.29, 1.82) is 0 Å². The predicted molar refractivity (Wildman–Crippen MR) is 107 cm³/mol. The van der Waals surface area contributed by atoms with E-state index in [1.54, 1.807) is 58.2 Å². The van der Waals surface area contributed by atoms with Crippen molar-refractivity contribution in [2.75, 3.05) is 6.54 Å². The van der Waals surface area contributed by atoms with Crippen LogP contribution in [0, 0.1) is 12.7 Å². The Morgan fingerprint density at radius 2 is 2.00 bits per heavy atom. The zero-order valence-electron chi connectivity index (χ0n) is 16.7. The molecule has 1 aromatic carbocycles. The Morgan fingerprint density at radius 1 is 1.31 bits per heavy atom. The zero-order chi connectivity index (χ0) is 21.2. The lowest BCUT2D eigenvalue weighted by Crippen LogP contribution is -2.38. The lowest BCUT2D eigenvalue weighted by molar-refractivity contribution is 0.0689. The summed E-state index contributed by atoms with van der Waals surface area (Å²) in [6.45, 7) is 5.14. The molecule has 0 aliphatic carbocycles. The molecule has 0 radical (unpaired) electrons. The van der Waals surface area contributed by atoms with E-state index < -0.39 is 5.60 Å². The first kappa shape index (κ1) is 20.5. The molecule has 29 heavy (non-hydrogen) atoms. The van der Waals surface area contributed by atoms with Crippen molar-refractivity contribution >= 4 is 18.1 Å². The summed E-state index contributed by atoms with van der Waals surface area (Å²) in [5, 5.41) is 20.8. The van der Waals surface area contributed by atoms with Gasteiger partial charge < -0.3 is 14.9 Å². The van der Waals surface area contributed by atoms with Gasteiger partial charge in [-0.2, -0.15) is 5.10 Å². The molecule has 3 rings (SSSR count). The molecule has 2 aromatic heterocycles. The van der Waals surface area contributed by atoms with Gasteiger partial charge >= 0.3 is 0 Å². The van der Waals surface area contributed by atoms with Crippen LogP contribution >= 0.6 is 0 Å². The van der Waals surface area contributed by atoms with Gasteiger partial charge in [0, 0.05) is 24.7 Å². The average molecular weight is 398 g/mol. The minimum Gasteiger partial charge on any atom is -0.389 e. The number of nitrogens with zero attached hydrogens (tertiary/aromatic N) is 3. The summed E-state index contributed by atoms with van der Waals surface area (Å²) in [7, 11) is 1.67. The third-order valence-corrected chi connectivity index (χ3v) is 4.26. The molecule has 0 aliphatic heterocycles. The van der Waals surface area contributed by atoms with Crippen molar-refractivity contribution in [1.82, 2.24) is 20.3 Å². The summed E-state index contributed by atoms with van der Waals surface area (Å²) in [6, 6.07) is 7.65. The molecule has 2 N–H and O–H groups in total. The van der Waals surface area contributed by atoms with Crippen LogP contribution in [0.1, 0.15) is 41.4 Å². The molecule has 1 amide bonds. The Labute approximate surface area is 167 Å². The number of benzene rings is 1. The highest BCUT2D eigenvalue weighted by Gasteiger charge is 2.18. The Morgan fingerprint density at radius 3 is 2.66 bits per heavy atom. The minimum atomic E-state index is -1.00. The summed E-state index contributed by atoms with van der Waals surface area (Å²) >= 11 is 0. The van der Waals surface area contributed by atoms with Crippen LogP contribution in [0.5, 0.6) is 0 Å². The van der Waals surface area contributed by atoms with E-state index in [-0.39, 0.29) is 18.3 Å². The van der Waals surface area contributed by atoms with E-state index in [9.17, 15) is 14.3 Å². The molecule has 0 saturated heterocycles. The van der Waals surface area contributed by atoms with Crippen molar-refractivity contribution in [2.45, 2.75) is 26.4 Å². The van der Waals surface area contributed by atoms with Crippen LogP contribution in [-0.2, 0) is 7.05 Å². The monoisotopic (exact) mass is 398 g/mol. The molecule has 3 aromatic rings. The minimum absolute atomic E-state index is 0.128. The molecule has 2 heterocycles. The van der Waals surface area contributed by atoms with Gasteiger partial charge in [-0.05, 0) is 63.3 Å². The standard InChI is InChI=1S/C21H23FN4O3/c1-13-17(19(25-29-13)14-5-7-15(22)8-6-14)10-9-16-11-18(26(4)24-16)20(27)23-12-21(2,3)28/h5-11,28H,12H2,1-4H3,(H,23,27). The first-order valence-electron chi connectivity index (χ1n) is 9.09. The van der Waals surface area contributed by atoms with E-state index in [0.29, 0.717) is 22.8 Å². The molecule has 0 spiro atoms. The third kappa shape index (κ3) is 4.97. The largest absolute Gasteiger partial charge is 0.389 e. The summed E-state index contributed by atoms with van der Waals surface area (Å²) in [5.41, 5.74) is 2.02. The molecule has 0 bridgehead atoms. The van der Waals surface area contributed by atoms with E-state index in [2.05, 4.69) is 15.6 Å². The fourth-order valence-corrected chi connectivity index (χ4v) is 2.73. The molecule has 0 aliphatic rings. The summed E-state index contributed by atoms with van der Waals surface area (Å²) in [5.74, 6) is -0.0375. The van der Waals surface area contributed by atoms with E-state index >= 15 is 0 Å². The summed E-state index contributed by atoms with van der Waals surface area (Å²) < 4.78 is 20.0. The van der Waals surface area contributed by atoms with Crippen molar-refractivity contribution in [3.05, 3.63) is 58.9 Å². The first-order valence-corrected chi connectivity index (χ1v) is 9.09. The van der Waals surface area contributed by atoms with Crippen LogP contribution in [0.3, 0.4) is 0 Å². The number of carbonyl (C=O) groups is 1. The van der Waals surface area contributed by atoms with E-state index in [4.69, 9.17) is 4.52 Å². The zero-order valence-corrected chi connectivity index (χ0v) is 16.7. The number of hydrogen-bond donors (Lipinski definition) is 2. The number of rotatable bonds is 6. The lowest BCUT2D eigenvalue weighted by atomic mass is 10.1. The van der Waals surface area contributed by atoms with Gasteiger partial charge in [-0.3, -0.25) is 9.48 Å². The van der Waals surface area contributed by atoms with Gasteiger partial charge in [0.25, 0.3) is 5.91 Å². The van der Waals surface area contributed by atoms with E-state index in [0.717, 1.165) is 11.1 Å². The fraction of sp³-hybridized carbons (Fsp3) is 0.286. The maximum absolute atomic E-state index is 13.2. The van der Waals surface area contributed by atoms with Crippen LogP contribution in [0.25, 0.3) is 23.4 Å². The smallest absolute Gasteiger partial charge is 0.269 e. The van der Waals surface area contributed by atoms with Gasteiger partial charge in [-0.1, -0.05) is 5.16 Å². The Bertz CT molecular complexity index is 1040. The fourth-order valence-electron chi connectivity index (χ4n) is 2.73. The predicted octanol–water partition coefficient (Wildman–Crippen LogP) is 3.19. The number of amides is 1. The third-order valence-electron chi connectivity index (χ3n) is 4.26. The summed E-state index contributed by atoms with van der Waals surface area (Å²) in [6.07, 6.45) is 3.55. The second-order valence-electron chi connectivity index (χ2n) is 7.41. The highest BCUT2D eigenvalue weighted by atomic mass is 19.1. The number of hydrogen-bond acceptors (Lipinski definition) is 5. The molecular formula is C21H23FN4O3. The van der Waals surface area contributed by atoms with Crippen LogP contribution < -0.4 is 5.32 Å². The molecule has 7 nitrogen and oxygen atoms in total. The van der Waals surface area contributed by atoms with Crippen LogP contribution in [0.2, 0.25) is 0 Å². The highest BCUT2D eigenvalue weighted by Crippen LogP contribution is 2.27. The maximum Gasteiger partial charge on any atom is 0.269 e. The number of nitrogens with one attached hydrogen (secondary N) is 1. The number of aromatic nitrogens is 3. The van der Waals surface area contributed by atoms with E-state index in [1.807, 2.05) is 0 Å². The van der Waals surface area contributed by atoms with Gasteiger partial charge in [0.15, 0.2) is 0 Å². The topological polar surface area (TPSA) is 93.2 Å². The first-order chi connectivity index (χ1) is 13.6. The quantitative estimate of drug-likeness (QED) is 0.665. The Kier molecular flexibility index (Phi) is 5.65. The van der Waals surface area contributed by atoms with E-state index in [1.165, 1.54) is 16.8 Å². The van der Waals surface area contributed by atoms with Crippen molar-refractivity contribution in [3.63, 3.8) is 0 Å². The number of halogens is 1. The molecule has 8 heteroatoms. The Hall–Kier alpha value is -3.26. The van der Waals surface area contributed by atoms with Gasteiger partial charge in [0.05, 0.1) is 11.3 Å². The second-order valence-corrected chi connectivity index (χ2v) is 7.41. The van der Waals surface area contributed by atoms with Crippen LogP contribution in [0.4, 0.5) is 4.39 Å². The van der Waals surface area contributed by atoms with Gasteiger partial charge in [0.2, 0.25) is 0 Å². The summed E-state index contributed by atoms with van der Waals surface area (Å²) in [4.78, 5) is 12.3. The highest BCUT2D eigenvalue weighted by molar-refractivity contribution is 5.93. The van der Waals surface area contributed by atoms with Crippen molar-refractivity contribution in [2.24, 2.45) is 7.05 Å². The number of carbonyl (C=O) groups excluding carboxylic acids is 1. The molecule has 152 valence electrons. The number of aryl methyl sites for hydroxylation is 2. The van der Waals surface area contributed by atoms with Crippen molar-refractivity contribution < 1.29 is 18.8 Å². The van der Waals surface area contributed by atoms with Gasteiger partial charge in [0.1, 0.15) is 23.0 Å². The molecular weight excluding hydrogens is 375 g/mol. The average Bonchev–Trinajstić information content (AvgIpc) is 3.20. The van der Waals surface area contributed by atoms with Crippen molar-refractivity contribution in [3.8, 4) is 11.3 Å². The number of aliphatic hydroxyl groups is 1. The SMILES string of the molecule is Cc1onc(-c2ccc(F)cc2)c1C=Cc1cc(C(=O)NCC(C)(C)O)n(C)n1.